The zero-order valence-corrected chi connectivity index (χ0v) is 7.68. The molecule has 0 aromatic rings. The Bertz CT molecular complexity index is 115. The number of allylic oxidation sites excluding steroid dienone is 1. The zero-order valence-electron chi connectivity index (χ0n) is 5.29. The van der Waals surface area contributed by atoms with Crippen molar-refractivity contribution in [3.8, 4) is 0 Å². The normalized spacial score (nSPS) is 11.0. The van der Waals surface area contributed by atoms with Crippen LogP contribution in [0.2, 0.25) is 0 Å². The number of hydrogen-bond donors (Lipinski definition) is 0. The van der Waals surface area contributed by atoms with E-state index in [1.165, 1.54) is 0 Å². The molecule has 0 aromatic carbocycles. The molecule has 2 heteroatoms. The predicted molar refractivity (Wildman–Crippen MR) is 34.9 cm³/mol. The molecule has 0 saturated heterocycles. The third kappa shape index (κ3) is 6.56. The molecule has 0 nitrogen and oxygen atoms in total. The standard InChI is InChI=1S/C6H10.ClH.Rh/c1-5-6(2,3)4;;/h5H,2-4H3;1H;/q;;+1/p-1. The van der Waals surface area contributed by atoms with Crippen molar-refractivity contribution in [1.29, 1.82) is 0 Å². The molecule has 0 fully saturated rings. The van der Waals surface area contributed by atoms with E-state index in [0.717, 1.165) is 0 Å². The fourth-order valence-electron chi connectivity index (χ4n) is 0.163. The monoisotopic (exact) mass is 220 g/mol. The van der Waals surface area contributed by atoms with Crippen LogP contribution in [0.15, 0.2) is 6.08 Å². The Morgan fingerprint density at radius 2 is 2.00 bits per heavy atom. The quantitative estimate of drug-likeness (QED) is 0.549. The van der Waals surface area contributed by atoms with Gasteiger partial charge in [-0.25, -0.2) is 0 Å². The minimum absolute atomic E-state index is 0.00492. The van der Waals surface area contributed by atoms with Crippen molar-refractivity contribution in [3.05, 3.63) is 6.08 Å². The Morgan fingerprint density at radius 3 is 2.12 bits per heavy atom. The van der Waals surface area contributed by atoms with Gasteiger partial charge in [0.1, 0.15) is 0 Å². The average molecular weight is 221 g/mol. The van der Waals surface area contributed by atoms with Gasteiger partial charge in [0.25, 0.3) is 0 Å². The molecule has 0 spiro atoms. The minimum atomic E-state index is -0.00492. The van der Waals surface area contributed by atoms with Gasteiger partial charge in [0.05, 0.1) is 0 Å². The third-order valence-corrected chi connectivity index (χ3v) is 1.36. The van der Waals surface area contributed by atoms with Gasteiger partial charge in [0.15, 0.2) is 0 Å². The number of rotatable bonds is 0. The fraction of sp³-hybridized carbons (Fsp3) is 0.667. The van der Waals surface area contributed by atoms with Crippen LogP contribution in [-0.2, 0) is 15.7 Å². The van der Waals surface area contributed by atoms with Gasteiger partial charge in [0.2, 0.25) is 0 Å². The molecule has 0 radical (unpaired) electrons. The Labute approximate surface area is 62.1 Å². The van der Waals surface area contributed by atoms with Crippen molar-refractivity contribution < 1.29 is 15.7 Å². The van der Waals surface area contributed by atoms with Gasteiger partial charge in [-0.05, 0) is 0 Å². The van der Waals surface area contributed by atoms with Gasteiger partial charge in [-0.2, -0.15) is 0 Å². The van der Waals surface area contributed by atoms with E-state index in [4.69, 9.17) is 9.69 Å². The molecular weight excluding hydrogens is 210 g/mol. The van der Waals surface area contributed by atoms with Crippen molar-refractivity contribution in [2.24, 2.45) is 5.41 Å². The summed E-state index contributed by atoms with van der Waals surface area (Å²) in [5.74, 6) is 0. The average Bonchev–Trinajstić information content (AvgIpc) is 1.59. The Hall–Kier alpha value is 0.563. The maximum absolute atomic E-state index is 5.44. The van der Waals surface area contributed by atoms with E-state index in [9.17, 15) is 0 Å². The third-order valence-electron chi connectivity index (χ3n) is 0.517. The Kier molecular flexibility index (Phi) is 3.81. The molecule has 0 aliphatic carbocycles. The SMILES string of the molecule is CC(C)(C)C=[C]=[Rh][Cl]. The molecule has 0 amide bonds. The Morgan fingerprint density at radius 1 is 1.50 bits per heavy atom. The molecule has 0 aliphatic rings. The first-order valence-electron chi connectivity index (χ1n) is 2.37. The second kappa shape index (κ2) is 3.56. The Balaban J connectivity index is 3.89. The summed E-state index contributed by atoms with van der Waals surface area (Å²) < 4.78 is 3.00. The van der Waals surface area contributed by atoms with Crippen LogP contribution in [0.4, 0.5) is 0 Å². The van der Waals surface area contributed by atoms with Crippen LogP contribution in [0.3, 0.4) is 0 Å². The van der Waals surface area contributed by atoms with Crippen molar-refractivity contribution in [2.45, 2.75) is 20.8 Å². The van der Waals surface area contributed by atoms with Crippen LogP contribution in [0.25, 0.3) is 0 Å². The molecule has 0 unspecified atom stereocenters. The van der Waals surface area contributed by atoms with Gasteiger partial charge in [-0.3, -0.25) is 0 Å². The zero-order chi connectivity index (χ0) is 6.62. The summed E-state index contributed by atoms with van der Waals surface area (Å²) in [7, 11) is 5.44. The molecule has 0 aromatic heterocycles. The number of halogens is 1. The first-order valence-corrected chi connectivity index (χ1v) is 5.30. The summed E-state index contributed by atoms with van der Waals surface area (Å²) in [5, 5.41) is 0. The van der Waals surface area contributed by atoms with Gasteiger partial charge in [-0.15, -0.1) is 0 Å². The number of hydrogen-bond acceptors (Lipinski definition) is 0. The van der Waals surface area contributed by atoms with Crippen LogP contribution in [0.1, 0.15) is 20.8 Å². The molecule has 50 valence electrons. The van der Waals surface area contributed by atoms with Crippen LogP contribution >= 0.6 is 9.69 Å². The summed E-state index contributed by atoms with van der Waals surface area (Å²) >= 11 is -0.00492. The van der Waals surface area contributed by atoms with Crippen molar-refractivity contribution in [3.63, 3.8) is 0 Å². The van der Waals surface area contributed by atoms with E-state index < -0.39 is 0 Å². The van der Waals surface area contributed by atoms with E-state index in [0.29, 0.717) is 0 Å². The topological polar surface area (TPSA) is 0 Å². The van der Waals surface area contributed by atoms with Crippen molar-refractivity contribution in [1.82, 2.24) is 0 Å². The summed E-state index contributed by atoms with van der Waals surface area (Å²) in [6.07, 6.45) is 2.02. The van der Waals surface area contributed by atoms with E-state index >= 15 is 0 Å². The van der Waals surface area contributed by atoms with Gasteiger partial charge in [0, 0.05) is 0 Å². The van der Waals surface area contributed by atoms with Gasteiger partial charge >= 0.3 is 61.9 Å². The second-order valence-electron chi connectivity index (χ2n) is 2.67. The first kappa shape index (κ1) is 8.56. The first-order chi connectivity index (χ1) is 3.56. The molecule has 0 heterocycles. The van der Waals surface area contributed by atoms with E-state index in [2.05, 4.69) is 25.0 Å². The summed E-state index contributed by atoms with van der Waals surface area (Å²) in [6, 6.07) is 0. The predicted octanol–water partition coefficient (Wildman–Crippen LogP) is 2.23. The molecule has 0 aliphatic heterocycles. The van der Waals surface area contributed by atoms with Gasteiger partial charge in [-0.1, -0.05) is 0 Å². The molecule has 0 atom stereocenters. The molecule has 0 rings (SSSR count). The van der Waals surface area contributed by atoms with Crippen LogP contribution < -0.4 is 0 Å². The van der Waals surface area contributed by atoms with Crippen LogP contribution in [0, 0.1) is 5.41 Å². The van der Waals surface area contributed by atoms with E-state index in [-0.39, 0.29) is 21.1 Å². The summed E-state index contributed by atoms with van der Waals surface area (Å²) in [4.78, 5) is 0. The van der Waals surface area contributed by atoms with E-state index in [1.54, 1.807) is 0 Å². The van der Waals surface area contributed by atoms with Crippen molar-refractivity contribution in [2.75, 3.05) is 0 Å². The molecule has 8 heavy (non-hydrogen) atoms. The fourth-order valence-corrected chi connectivity index (χ4v) is 1.18. The molecule has 0 saturated carbocycles. The molecule has 0 N–H and O–H groups in total. The van der Waals surface area contributed by atoms with Crippen LogP contribution in [0.5, 0.6) is 0 Å². The summed E-state index contributed by atoms with van der Waals surface area (Å²) in [6.45, 7) is 6.39. The summed E-state index contributed by atoms with van der Waals surface area (Å²) in [5.41, 5.74) is 0.249. The second-order valence-corrected chi connectivity index (χ2v) is 4.20. The van der Waals surface area contributed by atoms with Gasteiger partial charge < -0.3 is 0 Å². The van der Waals surface area contributed by atoms with E-state index in [1.807, 2.05) is 6.08 Å². The molecule has 0 bridgehead atoms. The van der Waals surface area contributed by atoms with Crippen molar-refractivity contribution >= 4 is 14.0 Å². The molecular formula is C6H10ClRh. The van der Waals surface area contributed by atoms with Crippen LogP contribution in [-0.4, -0.2) is 4.26 Å². The maximum atomic E-state index is 5.44.